The smallest absolute Gasteiger partial charge is 0.330 e. The first-order valence-electron chi connectivity index (χ1n) is 12.3. The molecule has 7 fully saturated rings. The maximum atomic E-state index is 12.0. The van der Waals surface area contributed by atoms with Gasteiger partial charge in [-0.25, -0.2) is 4.79 Å². The van der Waals surface area contributed by atoms with Crippen LogP contribution in [0.1, 0.15) is 58.8 Å². The van der Waals surface area contributed by atoms with Gasteiger partial charge < -0.3 is 19.7 Å². The van der Waals surface area contributed by atoms with Gasteiger partial charge in [0.25, 0.3) is 0 Å². The molecule has 1 spiro atoms. The van der Waals surface area contributed by atoms with Crippen molar-refractivity contribution >= 4 is 5.97 Å². The Balaban J connectivity index is 1.23. The predicted molar refractivity (Wildman–Crippen MR) is 108 cm³/mol. The number of esters is 1. The molecule has 1 aliphatic heterocycles. The average Bonchev–Trinajstić information content (AvgIpc) is 3.59. The lowest BCUT2D eigenvalue weighted by molar-refractivity contribution is -0.222. The number of aliphatic hydroxyl groups excluding tert-OH is 1. The molecular weight excluding hydrogens is 380 g/mol. The lowest BCUT2D eigenvalue weighted by atomic mass is 9.44. The van der Waals surface area contributed by atoms with Gasteiger partial charge in [0.2, 0.25) is 0 Å². The molecule has 0 aromatic carbocycles. The molecule has 30 heavy (non-hydrogen) atoms. The zero-order chi connectivity index (χ0) is 20.7. The van der Waals surface area contributed by atoms with Crippen molar-refractivity contribution in [2.45, 2.75) is 81.7 Å². The zero-order valence-corrected chi connectivity index (χ0v) is 18.0. The Morgan fingerprint density at radius 2 is 1.97 bits per heavy atom. The SMILES string of the molecule is CCOC(=O)C=C[C@@]12O[C@@]13CCC1C(C3[C@@H]3C[C@@H]32)[C@H]2C[C@H]2[C@]2(O)C[C@@H](O)CC[C@]12C. The van der Waals surface area contributed by atoms with E-state index < -0.39 is 5.60 Å². The van der Waals surface area contributed by atoms with Crippen LogP contribution in [0.25, 0.3) is 0 Å². The zero-order valence-electron chi connectivity index (χ0n) is 18.0. The Kier molecular flexibility index (Phi) is 3.32. The molecule has 12 atom stereocenters. The van der Waals surface area contributed by atoms with Crippen LogP contribution in [0.2, 0.25) is 0 Å². The molecule has 5 heteroatoms. The molecule has 1 saturated heterocycles. The van der Waals surface area contributed by atoms with E-state index in [2.05, 4.69) is 13.0 Å². The molecule has 6 saturated carbocycles. The third-order valence-electron chi connectivity index (χ3n) is 11.1. The van der Waals surface area contributed by atoms with Crippen molar-refractivity contribution in [1.29, 1.82) is 0 Å². The summed E-state index contributed by atoms with van der Waals surface area (Å²) in [7, 11) is 0. The summed E-state index contributed by atoms with van der Waals surface area (Å²) in [5, 5.41) is 22.2. The minimum Gasteiger partial charge on any atom is -0.463 e. The van der Waals surface area contributed by atoms with Crippen LogP contribution < -0.4 is 0 Å². The van der Waals surface area contributed by atoms with E-state index in [0.717, 1.165) is 38.0 Å². The molecule has 0 bridgehead atoms. The van der Waals surface area contributed by atoms with Crippen molar-refractivity contribution in [2.75, 3.05) is 6.61 Å². The van der Waals surface area contributed by atoms with Crippen molar-refractivity contribution in [1.82, 2.24) is 0 Å². The highest BCUT2D eigenvalue weighted by Crippen LogP contribution is 2.86. The minimum atomic E-state index is -0.687. The summed E-state index contributed by atoms with van der Waals surface area (Å²) < 4.78 is 11.8. The number of ether oxygens (including phenoxy) is 2. The van der Waals surface area contributed by atoms with Crippen molar-refractivity contribution in [3.63, 3.8) is 0 Å². The summed E-state index contributed by atoms with van der Waals surface area (Å²) in [6.45, 7) is 4.58. The third-order valence-corrected chi connectivity index (χ3v) is 11.1. The molecule has 2 N–H and O–H groups in total. The predicted octanol–water partition coefficient (Wildman–Crippen LogP) is 2.84. The molecule has 3 unspecified atom stereocenters. The van der Waals surface area contributed by atoms with Crippen molar-refractivity contribution in [3.8, 4) is 0 Å². The van der Waals surface area contributed by atoms with Gasteiger partial charge in [0.1, 0.15) is 11.2 Å². The first-order chi connectivity index (χ1) is 14.3. The Labute approximate surface area is 178 Å². The number of aliphatic hydroxyl groups is 2. The van der Waals surface area contributed by atoms with Gasteiger partial charge in [-0.3, -0.25) is 0 Å². The van der Waals surface area contributed by atoms with Crippen LogP contribution in [-0.4, -0.2) is 45.7 Å². The Hall–Kier alpha value is -0.910. The second-order valence-corrected chi connectivity index (χ2v) is 11.9. The van der Waals surface area contributed by atoms with Crippen LogP contribution in [0.3, 0.4) is 0 Å². The number of hydrogen-bond donors (Lipinski definition) is 2. The molecule has 1 heterocycles. The highest BCUT2D eigenvalue weighted by atomic mass is 16.6. The Bertz CT molecular complexity index is 854. The van der Waals surface area contributed by atoms with Gasteiger partial charge in [0.05, 0.1) is 18.3 Å². The second-order valence-electron chi connectivity index (χ2n) is 11.9. The summed E-state index contributed by atoms with van der Waals surface area (Å²) in [6, 6.07) is 0. The standard InChI is InChI=1S/C25H34O5/c1-3-29-19(27)6-9-24-18-11-15(18)21-20-14-10-17(14)23(28)12-13(26)4-7-22(23,2)16(20)5-8-25(21,24)30-24/h6,9,13-18,20-21,26,28H,3-5,7-8,10-12H2,1-2H3/t13-,14-,15+,16?,17+,18-,20?,21?,22+,23+,24-,25+/m0/s1. The Morgan fingerprint density at radius 1 is 1.17 bits per heavy atom. The number of hydrogen-bond acceptors (Lipinski definition) is 5. The van der Waals surface area contributed by atoms with Gasteiger partial charge in [-0.05, 0) is 98.4 Å². The third kappa shape index (κ3) is 1.88. The average molecular weight is 415 g/mol. The molecular formula is C25H34O5. The van der Waals surface area contributed by atoms with Crippen LogP contribution in [0.4, 0.5) is 0 Å². The van der Waals surface area contributed by atoms with Crippen molar-refractivity contribution < 1.29 is 24.5 Å². The van der Waals surface area contributed by atoms with E-state index in [1.54, 1.807) is 6.08 Å². The number of rotatable bonds is 3. The first-order valence-corrected chi connectivity index (χ1v) is 12.3. The number of carbonyl (C=O) groups is 1. The monoisotopic (exact) mass is 414 g/mol. The number of epoxide rings is 1. The quantitative estimate of drug-likeness (QED) is 0.422. The van der Waals surface area contributed by atoms with E-state index in [-0.39, 0.29) is 28.7 Å². The molecule has 164 valence electrons. The topological polar surface area (TPSA) is 79.3 Å². The van der Waals surface area contributed by atoms with E-state index in [9.17, 15) is 15.0 Å². The summed E-state index contributed by atoms with van der Waals surface area (Å²) in [4.78, 5) is 12.0. The van der Waals surface area contributed by atoms with Crippen molar-refractivity contribution in [3.05, 3.63) is 12.2 Å². The van der Waals surface area contributed by atoms with Gasteiger partial charge >= 0.3 is 5.97 Å². The van der Waals surface area contributed by atoms with Crippen LogP contribution in [0.15, 0.2) is 12.2 Å². The van der Waals surface area contributed by atoms with Crippen molar-refractivity contribution in [2.24, 2.45) is 46.8 Å². The van der Waals surface area contributed by atoms with Crippen LogP contribution >= 0.6 is 0 Å². The van der Waals surface area contributed by atoms with Gasteiger partial charge in [0.15, 0.2) is 0 Å². The van der Waals surface area contributed by atoms with Crippen LogP contribution in [0.5, 0.6) is 0 Å². The summed E-state index contributed by atoms with van der Waals surface area (Å²) in [5.41, 5.74) is -1.07. The minimum absolute atomic E-state index is 0.0715. The van der Waals surface area contributed by atoms with E-state index in [1.165, 1.54) is 6.42 Å². The van der Waals surface area contributed by atoms with E-state index in [0.29, 0.717) is 48.5 Å². The largest absolute Gasteiger partial charge is 0.463 e. The summed E-state index contributed by atoms with van der Waals surface area (Å²) >= 11 is 0. The fourth-order valence-corrected chi connectivity index (χ4v) is 9.90. The fourth-order valence-electron chi connectivity index (χ4n) is 9.90. The summed E-state index contributed by atoms with van der Waals surface area (Å²) in [6.07, 6.45) is 10.2. The van der Waals surface area contributed by atoms with Gasteiger partial charge in [-0.2, -0.15) is 0 Å². The number of carbonyl (C=O) groups excluding carboxylic acids is 1. The molecule has 0 aromatic heterocycles. The van der Waals surface area contributed by atoms with Gasteiger partial charge in [-0.1, -0.05) is 6.92 Å². The van der Waals surface area contributed by atoms with E-state index in [4.69, 9.17) is 9.47 Å². The number of fused-ring (bicyclic) bond motifs is 10. The van der Waals surface area contributed by atoms with E-state index >= 15 is 0 Å². The second kappa shape index (κ2) is 5.35. The lowest BCUT2D eigenvalue weighted by Gasteiger charge is -2.62. The summed E-state index contributed by atoms with van der Waals surface area (Å²) in [5.74, 6) is 3.73. The molecule has 7 aliphatic rings. The first kappa shape index (κ1) is 18.6. The molecule has 7 rings (SSSR count). The van der Waals surface area contributed by atoms with Crippen LogP contribution in [-0.2, 0) is 14.3 Å². The van der Waals surface area contributed by atoms with E-state index in [1.807, 2.05) is 6.92 Å². The molecule has 0 aromatic rings. The molecule has 0 amide bonds. The molecule has 5 nitrogen and oxygen atoms in total. The molecule has 6 aliphatic carbocycles. The lowest BCUT2D eigenvalue weighted by Crippen LogP contribution is -2.64. The highest BCUT2D eigenvalue weighted by Gasteiger charge is 2.90. The van der Waals surface area contributed by atoms with Gasteiger partial charge in [0, 0.05) is 12.5 Å². The maximum absolute atomic E-state index is 12.0. The van der Waals surface area contributed by atoms with Crippen LogP contribution in [0, 0.1) is 46.8 Å². The Morgan fingerprint density at radius 3 is 2.77 bits per heavy atom. The molecule has 0 radical (unpaired) electrons. The maximum Gasteiger partial charge on any atom is 0.330 e. The van der Waals surface area contributed by atoms with Gasteiger partial charge in [-0.15, -0.1) is 0 Å². The fraction of sp³-hybridized carbons (Fsp3) is 0.880. The normalized spacial score (nSPS) is 63.6. The highest BCUT2D eigenvalue weighted by molar-refractivity contribution is 5.82.